The van der Waals surface area contributed by atoms with Crippen molar-refractivity contribution in [1.29, 1.82) is 0 Å². The Bertz CT molecular complexity index is 586. The fourth-order valence-electron chi connectivity index (χ4n) is 2.01. The minimum Gasteiger partial charge on any atom is -0.479 e. The Morgan fingerprint density at radius 3 is 2.67 bits per heavy atom. The minimum atomic E-state index is -3.37. The molecular weight excluding hydrogens is 261 g/mol. The normalized spacial score (nSPS) is 25.8. The summed E-state index contributed by atoms with van der Waals surface area (Å²) in [7, 11) is -3.37. The maximum absolute atomic E-state index is 13.0. The van der Waals surface area contributed by atoms with Gasteiger partial charge in [0.1, 0.15) is 5.82 Å². The van der Waals surface area contributed by atoms with Crippen LogP contribution in [0.2, 0.25) is 0 Å². The van der Waals surface area contributed by atoms with E-state index in [0.717, 1.165) is 6.07 Å². The topological polar surface area (TPSA) is 83.5 Å². The van der Waals surface area contributed by atoms with Crippen molar-refractivity contribution < 1.29 is 22.7 Å². The van der Waals surface area contributed by atoms with Crippen LogP contribution in [0.15, 0.2) is 24.3 Å². The number of anilines is 1. The smallest absolute Gasteiger partial charge is 0.330 e. The molecule has 1 heterocycles. The fraction of sp³-hybridized carbons (Fsp3) is 0.364. The van der Waals surface area contributed by atoms with Crippen LogP contribution >= 0.6 is 0 Å². The van der Waals surface area contributed by atoms with Crippen molar-refractivity contribution >= 4 is 21.5 Å². The first-order valence-electron chi connectivity index (χ1n) is 5.31. The van der Waals surface area contributed by atoms with Gasteiger partial charge in [0.15, 0.2) is 15.4 Å². The van der Waals surface area contributed by atoms with Gasteiger partial charge in [0.25, 0.3) is 0 Å². The van der Waals surface area contributed by atoms with Gasteiger partial charge in [-0.1, -0.05) is 6.07 Å². The van der Waals surface area contributed by atoms with Crippen LogP contribution in [0.4, 0.5) is 10.1 Å². The van der Waals surface area contributed by atoms with Crippen molar-refractivity contribution in [2.24, 2.45) is 0 Å². The van der Waals surface area contributed by atoms with Crippen LogP contribution in [0, 0.1) is 5.82 Å². The summed E-state index contributed by atoms with van der Waals surface area (Å²) < 4.78 is 35.9. The van der Waals surface area contributed by atoms with Crippen molar-refractivity contribution in [3.63, 3.8) is 0 Å². The van der Waals surface area contributed by atoms with E-state index < -0.39 is 32.9 Å². The zero-order valence-electron chi connectivity index (χ0n) is 9.39. The SMILES string of the molecule is O=C(O)C1(Nc2cccc(F)c2)CCS(=O)(=O)C1. The van der Waals surface area contributed by atoms with E-state index in [0.29, 0.717) is 0 Å². The third-order valence-corrected chi connectivity index (χ3v) is 4.68. The summed E-state index contributed by atoms with van der Waals surface area (Å²) in [5, 5.41) is 11.8. The Morgan fingerprint density at radius 1 is 1.44 bits per heavy atom. The molecule has 1 unspecified atom stereocenters. The van der Waals surface area contributed by atoms with E-state index in [-0.39, 0.29) is 17.9 Å². The maximum Gasteiger partial charge on any atom is 0.330 e. The highest BCUT2D eigenvalue weighted by atomic mass is 32.2. The number of hydrogen-bond donors (Lipinski definition) is 2. The van der Waals surface area contributed by atoms with Gasteiger partial charge in [-0.3, -0.25) is 0 Å². The van der Waals surface area contributed by atoms with E-state index in [1.54, 1.807) is 0 Å². The van der Waals surface area contributed by atoms with E-state index in [2.05, 4.69) is 5.32 Å². The predicted octanol–water partition coefficient (Wildman–Crippen LogP) is 0.879. The van der Waals surface area contributed by atoms with Gasteiger partial charge in [0, 0.05) is 5.69 Å². The van der Waals surface area contributed by atoms with Gasteiger partial charge in [-0.15, -0.1) is 0 Å². The number of carboxylic acid groups (broad SMARTS) is 1. The number of carboxylic acids is 1. The molecule has 98 valence electrons. The molecule has 0 saturated carbocycles. The maximum atomic E-state index is 13.0. The molecule has 0 aliphatic carbocycles. The Kier molecular flexibility index (Phi) is 3.02. The number of carbonyl (C=O) groups is 1. The lowest BCUT2D eigenvalue weighted by Crippen LogP contribution is -2.47. The molecule has 2 N–H and O–H groups in total. The van der Waals surface area contributed by atoms with Crippen molar-refractivity contribution in [2.45, 2.75) is 12.0 Å². The molecule has 7 heteroatoms. The molecule has 0 spiro atoms. The van der Waals surface area contributed by atoms with Crippen LogP contribution in [0.1, 0.15) is 6.42 Å². The molecule has 1 atom stereocenters. The highest BCUT2D eigenvalue weighted by Gasteiger charge is 2.48. The number of halogens is 1. The molecular formula is C11H12FNO4S. The largest absolute Gasteiger partial charge is 0.479 e. The molecule has 1 saturated heterocycles. The number of hydrogen-bond acceptors (Lipinski definition) is 4. The van der Waals surface area contributed by atoms with Crippen LogP contribution in [0.5, 0.6) is 0 Å². The van der Waals surface area contributed by atoms with Crippen LogP contribution in [-0.4, -0.2) is 36.5 Å². The van der Waals surface area contributed by atoms with E-state index in [1.807, 2.05) is 0 Å². The Hall–Kier alpha value is -1.63. The van der Waals surface area contributed by atoms with Gasteiger partial charge in [0.05, 0.1) is 11.5 Å². The molecule has 18 heavy (non-hydrogen) atoms. The van der Waals surface area contributed by atoms with Crippen LogP contribution in [-0.2, 0) is 14.6 Å². The van der Waals surface area contributed by atoms with E-state index >= 15 is 0 Å². The molecule has 1 aliphatic heterocycles. The summed E-state index contributed by atoms with van der Waals surface area (Å²) in [6.45, 7) is 0. The molecule has 0 aromatic heterocycles. The van der Waals surface area contributed by atoms with Crippen molar-refractivity contribution in [3.05, 3.63) is 30.1 Å². The Labute approximate surface area is 104 Å². The molecule has 2 rings (SSSR count). The average molecular weight is 273 g/mol. The van der Waals surface area contributed by atoms with Gasteiger partial charge >= 0.3 is 5.97 Å². The lowest BCUT2D eigenvalue weighted by Gasteiger charge is -2.25. The summed E-state index contributed by atoms with van der Waals surface area (Å²) in [4.78, 5) is 11.3. The summed E-state index contributed by atoms with van der Waals surface area (Å²) in [6, 6.07) is 5.29. The molecule has 0 amide bonds. The summed E-state index contributed by atoms with van der Waals surface area (Å²) in [6.07, 6.45) is -0.0266. The minimum absolute atomic E-state index is 0.0266. The van der Waals surface area contributed by atoms with E-state index in [9.17, 15) is 22.7 Å². The zero-order chi connectivity index (χ0) is 13.4. The van der Waals surface area contributed by atoms with Gasteiger partial charge in [-0.25, -0.2) is 17.6 Å². The highest BCUT2D eigenvalue weighted by Crippen LogP contribution is 2.28. The Balaban J connectivity index is 2.31. The first-order chi connectivity index (χ1) is 8.33. The number of sulfone groups is 1. The average Bonchev–Trinajstić information content (AvgIpc) is 2.55. The van der Waals surface area contributed by atoms with E-state index in [4.69, 9.17) is 0 Å². The highest BCUT2D eigenvalue weighted by molar-refractivity contribution is 7.91. The third kappa shape index (κ3) is 2.45. The first kappa shape index (κ1) is 12.8. The number of aliphatic carboxylic acids is 1. The molecule has 0 radical (unpaired) electrons. The van der Waals surface area contributed by atoms with Gasteiger partial charge in [-0.2, -0.15) is 0 Å². The lowest BCUT2D eigenvalue weighted by molar-refractivity contribution is -0.141. The van der Waals surface area contributed by atoms with Crippen LogP contribution < -0.4 is 5.32 Å². The van der Waals surface area contributed by atoms with Gasteiger partial charge < -0.3 is 10.4 Å². The lowest BCUT2D eigenvalue weighted by atomic mass is 9.99. The van der Waals surface area contributed by atoms with E-state index in [1.165, 1.54) is 18.2 Å². The first-order valence-corrected chi connectivity index (χ1v) is 7.13. The van der Waals surface area contributed by atoms with Crippen molar-refractivity contribution in [3.8, 4) is 0 Å². The van der Waals surface area contributed by atoms with Crippen LogP contribution in [0.25, 0.3) is 0 Å². The molecule has 1 aromatic carbocycles. The van der Waals surface area contributed by atoms with Crippen molar-refractivity contribution in [1.82, 2.24) is 0 Å². The monoisotopic (exact) mass is 273 g/mol. The molecule has 1 aromatic rings. The molecule has 5 nitrogen and oxygen atoms in total. The summed E-state index contributed by atoms with van der Waals surface area (Å²) >= 11 is 0. The van der Waals surface area contributed by atoms with Gasteiger partial charge in [-0.05, 0) is 24.6 Å². The Morgan fingerprint density at radius 2 is 2.17 bits per heavy atom. The fourth-order valence-corrected chi connectivity index (χ4v) is 3.91. The zero-order valence-corrected chi connectivity index (χ0v) is 10.2. The molecule has 1 fully saturated rings. The summed E-state index contributed by atoms with van der Waals surface area (Å²) in [5.74, 6) is -2.41. The number of rotatable bonds is 3. The number of benzene rings is 1. The predicted molar refractivity (Wildman–Crippen MR) is 63.7 cm³/mol. The second kappa shape index (κ2) is 4.24. The third-order valence-electron chi connectivity index (χ3n) is 2.92. The quantitative estimate of drug-likeness (QED) is 0.854. The van der Waals surface area contributed by atoms with Crippen LogP contribution in [0.3, 0.4) is 0 Å². The second-order valence-electron chi connectivity index (χ2n) is 4.36. The molecule has 0 bridgehead atoms. The van der Waals surface area contributed by atoms with Gasteiger partial charge in [0.2, 0.25) is 0 Å². The standard InChI is InChI=1S/C11H12FNO4S/c12-8-2-1-3-9(6-8)13-11(10(14)15)4-5-18(16,17)7-11/h1-3,6,13H,4-5,7H2,(H,14,15). The number of nitrogens with one attached hydrogen (secondary N) is 1. The van der Waals surface area contributed by atoms with Crippen molar-refractivity contribution in [2.75, 3.05) is 16.8 Å². The second-order valence-corrected chi connectivity index (χ2v) is 6.55. The molecule has 1 aliphatic rings. The summed E-state index contributed by atoms with van der Waals surface area (Å²) in [5.41, 5.74) is -1.30.